The molecule has 3 aromatic rings. The average molecular weight is 433 g/mol. The Labute approximate surface area is 173 Å². The van der Waals surface area contributed by atoms with Crippen LogP contribution in [-0.2, 0) is 14.8 Å². The number of aromatic nitrogens is 2. The molecule has 0 radical (unpaired) electrons. The van der Waals surface area contributed by atoms with Crippen LogP contribution >= 0.6 is 11.8 Å². The number of carbonyl (C=O) groups is 1. The number of amides is 1. The molecule has 0 fully saturated rings. The predicted molar refractivity (Wildman–Crippen MR) is 113 cm³/mol. The molecular formula is C19H20N4O4S2. The van der Waals surface area contributed by atoms with E-state index >= 15 is 0 Å². The molecule has 0 atom stereocenters. The summed E-state index contributed by atoms with van der Waals surface area (Å²) in [5.41, 5.74) is 2.85. The summed E-state index contributed by atoms with van der Waals surface area (Å²) in [5, 5.41) is 11.0. The van der Waals surface area contributed by atoms with Gasteiger partial charge in [0.1, 0.15) is 0 Å². The Bertz CT molecular complexity index is 1100. The molecule has 0 aliphatic rings. The molecule has 29 heavy (non-hydrogen) atoms. The van der Waals surface area contributed by atoms with Crippen molar-refractivity contribution in [2.24, 2.45) is 0 Å². The lowest BCUT2D eigenvalue weighted by atomic mass is 10.2. The molecule has 0 bridgehead atoms. The van der Waals surface area contributed by atoms with Gasteiger partial charge in [-0.2, -0.15) is 0 Å². The largest absolute Gasteiger partial charge is 0.411 e. The molecule has 1 amide bonds. The Morgan fingerprint density at radius 3 is 2.52 bits per heavy atom. The van der Waals surface area contributed by atoms with E-state index in [4.69, 9.17) is 4.42 Å². The fourth-order valence-electron chi connectivity index (χ4n) is 2.34. The molecule has 8 nitrogen and oxygen atoms in total. The van der Waals surface area contributed by atoms with Crippen LogP contribution in [-0.4, -0.2) is 36.0 Å². The van der Waals surface area contributed by atoms with E-state index in [1.807, 2.05) is 31.2 Å². The van der Waals surface area contributed by atoms with Crippen LogP contribution in [0.15, 0.2) is 58.2 Å². The van der Waals surface area contributed by atoms with Gasteiger partial charge in [0, 0.05) is 16.9 Å². The number of hydrogen-bond acceptors (Lipinski definition) is 7. The number of nitrogens with zero attached hydrogens (tertiary/aromatic N) is 2. The summed E-state index contributed by atoms with van der Waals surface area (Å²) in [6, 6.07) is 14.1. The fraction of sp³-hybridized carbons (Fsp3) is 0.211. The fourth-order valence-corrected chi connectivity index (χ4v) is 3.55. The lowest BCUT2D eigenvalue weighted by Crippen LogP contribution is -2.14. The second-order valence-corrected chi connectivity index (χ2v) is 9.05. The Morgan fingerprint density at radius 2 is 1.83 bits per heavy atom. The van der Waals surface area contributed by atoms with Crippen molar-refractivity contribution in [2.75, 3.05) is 21.5 Å². The van der Waals surface area contributed by atoms with Gasteiger partial charge in [0.2, 0.25) is 21.8 Å². The van der Waals surface area contributed by atoms with E-state index in [2.05, 4.69) is 20.2 Å². The third kappa shape index (κ3) is 5.81. The Kier molecular flexibility index (Phi) is 6.55. The zero-order valence-electron chi connectivity index (χ0n) is 15.9. The lowest BCUT2D eigenvalue weighted by Gasteiger charge is -2.06. The third-order valence-electron chi connectivity index (χ3n) is 3.94. The Morgan fingerprint density at radius 1 is 1.10 bits per heavy atom. The summed E-state index contributed by atoms with van der Waals surface area (Å²) in [7, 11) is -3.33. The number of aryl methyl sites for hydroxylation is 1. The lowest BCUT2D eigenvalue weighted by molar-refractivity contribution is -0.113. The first-order chi connectivity index (χ1) is 13.9. The number of nitrogens with one attached hydrogen (secondary N) is 2. The van der Waals surface area contributed by atoms with Gasteiger partial charge in [0.05, 0.1) is 11.5 Å². The Balaban J connectivity index is 1.58. The van der Waals surface area contributed by atoms with Crippen molar-refractivity contribution in [1.82, 2.24) is 10.2 Å². The van der Waals surface area contributed by atoms with Crippen LogP contribution in [0.2, 0.25) is 0 Å². The zero-order chi connectivity index (χ0) is 20.9. The van der Waals surface area contributed by atoms with Gasteiger partial charge in [-0.05, 0) is 49.7 Å². The number of thioether (sulfide) groups is 1. The minimum Gasteiger partial charge on any atom is -0.411 e. The Hall–Kier alpha value is -2.85. The van der Waals surface area contributed by atoms with Gasteiger partial charge >= 0.3 is 0 Å². The maximum Gasteiger partial charge on any atom is 0.277 e. The van der Waals surface area contributed by atoms with Crippen LogP contribution in [0.5, 0.6) is 0 Å². The topological polar surface area (TPSA) is 114 Å². The van der Waals surface area contributed by atoms with E-state index in [9.17, 15) is 13.2 Å². The zero-order valence-corrected chi connectivity index (χ0v) is 17.5. The molecule has 152 valence electrons. The maximum atomic E-state index is 12.1. The number of anilines is 2. The average Bonchev–Trinajstić information content (AvgIpc) is 3.18. The third-order valence-corrected chi connectivity index (χ3v) is 6.06. The van der Waals surface area contributed by atoms with Crippen molar-refractivity contribution in [1.29, 1.82) is 0 Å². The molecule has 3 rings (SSSR count). The van der Waals surface area contributed by atoms with Gasteiger partial charge in [-0.25, -0.2) is 8.42 Å². The first-order valence-corrected chi connectivity index (χ1v) is 11.4. The second kappa shape index (κ2) is 9.10. The van der Waals surface area contributed by atoms with E-state index in [1.54, 1.807) is 31.2 Å². The summed E-state index contributed by atoms with van der Waals surface area (Å²) in [6.45, 7) is 3.49. The summed E-state index contributed by atoms with van der Waals surface area (Å²) in [4.78, 5) is 12.1. The summed E-state index contributed by atoms with van der Waals surface area (Å²) in [5.74, 6) is 0.248. The molecule has 2 aromatic carbocycles. The first-order valence-electron chi connectivity index (χ1n) is 8.79. The summed E-state index contributed by atoms with van der Waals surface area (Å²) >= 11 is 1.14. The molecule has 10 heteroatoms. The van der Waals surface area contributed by atoms with Crippen LogP contribution in [0.1, 0.15) is 12.5 Å². The minimum atomic E-state index is -3.33. The van der Waals surface area contributed by atoms with Crippen molar-refractivity contribution in [3.8, 4) is 11.5 Å². The van der Waals surface area contributed by atoms with E-state index in [-0.39, 0.29) is 28.5 Å². The van der Waals surface area contributed by atoms with E-state index in [0.717, 1.165) is 23.0 Å². The van der Waals surface area contributed by atoms with Gasteiger partial charge < -0.3 is 9.73 Å². The quantitative estimate of drug-likeness (QED) is 0.523. The summed E-state index contributed by atoms with van der Waals surface area (Å²) in [6.07, 6.45) is 0. The second-order valence-electron chi connectivity index (χ2n) is 6.11. The van der Waals surface area contributed by atoms with Gasteiger partial charge in [0.15, 0.2) is 0 Å². The predicted octanol–water partition coefficient (Wildman–Crippen LogP) is 3.54. The molecular weight excluding hydrogens is 412 g/mol. The molecule has 0 spiro atoms. The van der Waals surface area contributed by atoms with Crippen LogP contribution < -0.4 is 10.0 Å². The van der Waals surface area contributed by atoms with Crippen LogP contribution in [0.3, 0.4) is 0 Å². The maximum absolute atomic E-state index is 12.1. The highest BCUT2D eigenvalue weighted by Gasteiger charge is 2.13. The number of benzene rings is 2. The number of para-hydroxylation sites is 1. The number of carbonyl (C=O) groups excluding carboxylic acids is 1. The van der Waals surface area contributed by atoms with Crippen LogP contribution in [0.4, 0.5) is 11.4 Å². The smallest absolute Gasteiger partial charge is 0.277 e. The number of rotatable bonds is 8. The highest BCUT2D eigenvalue weighted by molar-refractivity contribution is 7.99. The van der Waals surface area contributed by atoms with E-state index < -0.39 is 10.0 Å². The van der Waals surface area contributed by atoms with E-state index in [0.29, 0.717) is 11.3 Å². The molecule has 0 unspecified atom stereocenters. The van der Waals surface area contributed by atoms with Crippen molar-refractivity contribution >= 4 is 39.1 Å². The molecule has 1 heterocycles. The number of hydrogen-bond donors (Lipinski definition) is 2. The molecule has 2 N–H and O–H groups in total. The highest BCUT2D eigenvalue weighted by Crippen LogP contribution is 2.25. The highest BCUT2D eigenvalue weighted by atomic mass is 32.2. The van der Waals surface area contributed by atoms with Crippen LogP contribution in [0.25, 0.3) is 11.5 Å². The summed E-state index contributed by atoms with van der Waals surface area (Å²) < 4.78 is 31.2. The standard InChI is InChI=1S/C19H20N4O4S2/c1-3-29(25,26)23-15-10-8-14(9-11-15)18-21-22-19(27-18)28-12-17(24)20-16-7-5-4-6-13(16)2/h4-11,23H,3,12H2,1-2H3,(H,20,24). The molecule has 0 aliphatic heterocycles. The van der Waals surface area contributed by atoms with Gasteiger partial charge in [0.25, 0.3) is 5.22 Å². The molecule has 0 aliphatic carbocycles. The number of sulfonamides is 1. The van der Waals surface area contributed by atoms with Crippen molar-refractivity contribution in [2.45, 2.75) is 19.1 Å². The van der Waals surface area contributed by atoms with Crippen molar-refractivity contribution in [3.63, 3.8) is 0 Å². The first kappa shape index (κ1) is 20.9. The SMILES string of the molecule is CCS(=O)(=O)Nc1ccc(-c2nnc(SCC(=O)Nc3ccccc3C)o2)cc1. The van der Waals surface area contributed by atoms with Gasteiger partial charge in [-0.1, -0.05) is 30.0 Å². The van der Waals surface area contributed by atoms with Gasteiger partial charge in [-0.3, -0.25) is 9.52 Å². The molecule has 0 saturated carbocycles. The van der Waals surface area contributed by atoms with Gasteiger partial charge in [-0.15, -0.1) is 10.2 Å². The van der Waals surface area contributed by atoms with Crippen molar-refractivity contribution in [3.05, 3.63) is 54.1 Å². The van der Waals surface area contributed by atoms with E-state index in [1.165, 1.54) is 0 Å². The monoisotopic (exact) mass is 432 g/mol. The molecule has 1 aromatic heterocycles. The van der Waals surface area contributed by atoms with Crippen molar-refractivity contribution < 1.29 is 17.6 Å². The normalized spacial score (nSPS) is 11.2. The van der Waals surface area contributed by atoms with Crippen LogP contribution in [0, 0.1) is 6.92 Å². The minimum absolute atomic E-state index is 0.00356. The molecule has 0 saturated heterocycles.